The third kappa shape index (κ3) is 13.0. The molecule has 9 aromatic heterocycles. The van der Waals surface area contributed by atoms with Crippen LogP contribution in [0, 0.1) is 0 Å². The Morgan fingerprint density at radius 1 is 0.530 bits per heavy atom. The lowest BCUT2D eigenvalue weighted by Crippen LogP contribution is -2.29. The molecule has 11 rings (SSSR count). The molecule has 0 aliphatic heterocycles. The van der Waals surface area contributed by atoms with Gasteiger partial charge in [0.2, 0.25) is 10.6 Å². The average Bonchev–Trinajstić information content (AvgIpc) is 4.20. The van der Waals surface area contributed by atoms with Gasteiger partial charge < -0.3 is 54.6 Å². The van der Waals surface area contributed by atoms with Crippen molar-refractivity contribution in [2.45, 2.75) is 19.6 Å². The Bertz CT molecular complexity index is 3120. The van der Waals surface area contributed by atoms with E-state index in [1.807, 2.05) is 72.8 Å². The van der Waals surface area contributed by atoms with Crippen molar-refractivity contribution in [3.63, 3.8) is 0 Å². The minimum atomic E-state index is -1.34. The van der Waals surface area contributed by atoms with Crippen molar-refractivity contribution < 1.29 is 23.3 Å². The Morgan fingerprint density at radius 2 is 1.00 bits per heavy atom. The van der Waals surface area contributed by atoms with Gasteiger partial charge in [0, 0.05) is 5.56 Å². The molecule has 334 valence electrons. The van der Waals surface area contributed by atoms with Crippen molar-refractivity contribution in [1.82, 2.24) is 59.8 Å². The number of rotatable bonds is 9. The van der Waals surface area contributed by atoms with E-state index in [0.29, 0.717) is 65.0 Å². The molecule has 9 heterocycles. The van der Waals surface area contributed by atoms with Gasteiger partial charge in [-0.25, -0.2) is 29.9 Å². The minimum absolute atomic E-state index is 0.106. The Labute approximate surface area is 389 Å². The first kappa shape index (κ1) is 46.3. The molecular weight excluding hydrogens is 912 g/mol. The van der Waals surface area contributed by atoms with E-state index in [4.69, 9.17) is 63.8 Å². The monoisotopic (exact) mass is 947 g/mol. The van der Waals surface area contributed by atoms with Crippen LogP contribution in [-0.2, 0) is 19.6 Å². The summed E-state index contributed by atoms with van der Waals surface area (Å²) in [6.07, 6.45) is 9.54. The highest BCUT2D eigenvalue weighted by Gasteiger charge is 2.13. The minimum Gasteiger partial charge on any atom is -0.468 e. The van der Waals surface area contributed by atoms with Crippen LogP contribution in [0.25, 0.3) is 44.9 Å². The zero-order valence-electron chi connectivity index (χ0n) is 34.3. The highest BCUT2D eigenvalue weighted by molar-refractivity contribution is 6.58. The number of nitrogens with one attached hydrogen (secondary N) is 5. The van der Waals surface area contributed by atoms with E-state index in [2.05, 4.69) is 70.4 Å². The summed E-state index contributed by atoms with van der Waals surface area (Å²) in [5.41, 5.74) is 10.4. The van der Waals surface area contributed by atoms with Crippen LogP contribution in [0.2, 0.25) is 15.7 Å². The third-order valence-electron chi connectivity index (χ3n) is 8.69. The lowest BCUT2D eigenvalue weighted by molar-refractivity contribution is 0.426. The number of aromatic amines is 3. The molecule has 0 saturated carbocycles. The summed E-state index contributed by atoms with van der Waals surface area (Å²) in [5, 5.41) is 24.1. The van der Waals surface area contributed by atoms with Crippen molar-refractivity contribution >= 4 is 92.5 Å². The number of aromatic nitrogens is 12. The van der Waals surface area contributed by atoms with Gasteiger partial charge in [-0.2, -0.15) is 15.0 Å². The molecule has 0 saturated heterocycles. The van der Waals surface area contributed by atoms with Gasteiger partial charge in [0.15, 0.2) is 39.6 Å². The van der Waals surface area contributed by atoms with E-state index in [1.54, 1.807) is 55.7 Å². The van der Waals surface area contributed by atoms with E-state index in [-0.39, 0.29) is 15.7 Å². The third-order valence-corrected chi connectivity index (χ3v) is 9.30. The topological polar surface area (TPSA) is 293 Å². The molecule has 0 spiro atoms. The van der Waals surface area contributed by atoms with E-state index in [1.165, 1.54) is 6.33 Å². The number of halogens is 3. The summed E-state index contributed by atoms with van der Waals surface area (Å²) < 4.78 is 15.4. The molecule has 2 aromatic carbocycles. The summed E-state index contributed by atoms with van der Waals surface area (Å²) >= 11 is 17.0. The summed E-state index contributed by atoms with van der Waals surface area (Å²) in [7, 11) is -1.34. The van der Waals surface area contributed by atoms with Crippen molar-refractivity contribution in [2.24, 2.45) is 5.73 Å². The van der Waals surface area contributed by atoms with Gasteiger partial charge in [-0.05, 0) is 65.1 Å². The van der Waals surface area contributed by atoms with Gasteiger partial charge >= 0.3 is 7.12 Å². The first-order valence-electron chi connectivity index (χ1n) is 19.5. The fraction of sp³-hybridized carbons (Fsp3) is 0.0714. The molecule has 11 aromatic rings. The van der Waals surface area contributed by atoms with Gasteiger partial charge in [-0.1, -0.05) is 72.3 Å². The van der Waals surface area contributed by atoms with Crippen LogP contribution in [0.1, 0.15) is 17.3 Å². The van der Waals surface area contributed by atoms with Gasteiger partial charge in [0.25, 0.3) is 0 Å². The summed E-state index contributed by atoms with van der Waals surface area (Å²) in [4.78, 5) is 45.7. The SMILES string of the molecule is Clc1nc(Cl)c2[nH]cnc2n1.Clc1nc(NCc2ccco2)c2[nH]cnc2n1.NCc1ccco1.OB(O)c1ccccc1.c1ccc(-c2nc(NCc3ccco3)c3[nH]cnc3n2)cc1. The van der Waals surface area contributed by atoms with Crippen LogP contribution < -0.4 is 21.8 Å². The smallest absolute Gasteiger partial charge is 0.468 e. The second-order valence-electron chi connectivity index (χ2n) is 13.1. The molecule has 20 nitrogen and oxygen atoms in total. The zero-order valence-corrected chi connectivity index (χ0v) is 36.5. The van der Waals surface area contributed by atoms with Crippen LogP contribution in [0.4, 0.5) is 11.6 Å². The van der Waals surface area contributed by atoms with Gasteiger partial charge in [0.05, 0.1) is 57.4 Å². The van der Waals surface area contributed by atoms with E-state index in [0.717, 1.165) is 33.9 Å². The average molecular weight is 949 g/mol. The Morgan fingerprint density at radius 3 is 1.48 bits per heavy atom. The maximum atomic E-state index is 8.58. The zero-order chi connectivity index (χ0) is 46.1. The number of hydrogen-bond donors (Lipinski definition) is 8. The molecule has 0 fully saturated rings. The van der Waals surface area contributed by atoms with E-state index >= 15 is 0 Å². The lowest BCUT2D eigenvalue weighted by Gasteiger charge is -2.07. The standard InChI is InChI=1S/C16H13N5O.C10H8ClN5O.C6H7BO2.C5H2Cl2N4.C5H7NO/c1-2-5-11(6-3-1)14-20-15(13-16(21-14)19-10-18-13)17-9-12-7-4-8-22-12;11-10-15-8(7-9(16-10)14-5-13-7)12-4-6-2-1-3-17-6;8-7(9)6-4-2-1-3-5-6;6-3-2-4(9-1-8-2)11-5(7)10-3;6-4-5-2-1-3-7-5/h1-8,10H,9H2,(H2,17,18,19,20,21);1-3,5H,4H2,(H2,12,13,14,15,16);1-5,8-9H;1H,(H,8,9,10,11);1-3H,4,6H2. The van der Waals surface area contributed by atoms with Gasteiger partial charge in [-0.3, -0.25) is 0 Å². The number of H-pyrrole nitrogens is 3. The molecule has 0 aliphatic rings. The molecule has 0 bridgehead atoms. The van der Waals surface area contributed by atoms with Crippen molar-refractivity contribution in [1.29, 1.82) is 0 Å². The highest BCUT2D eigenvalue weighted by atomic mass is 35.5. The van der Waals surface area contributed by atoms with Crippen LogP contribution in [0.5, 0.6) is 0 Å². The predicted molar refractivity (Wildman–Crippen MR) is 250 cm³/mol. The van der Waals surface area contributed by atoms with Gasteiger partial charge in [-0.15, -0.1) is 0 Å². The van der Waals surface area contributed by atoms with Crippen LogP contribution in [0.15, 0.2) is 148 Å². The number of furan rings is 3. The molecule has 9 N–H and O–H groups in total. The molecule has 66 heavy (non-hydrogen) atoms. The highest BCUT2D eigenvalue weighted by Crippen LogP contribution is 2.24. The fourth-order valence-corrected chi connectivity index (χ4v) is 6.20. The molecule has 0 unspecified atom stereocenters. The van der Waals surface area contributed by atoms with Crippen LogP contribution in [-0.4, -0.2) is 77.0 Å². The normalized spacial score (nSPS) is 10.5. The first-order valence-corrected chi connectivity index (χ1v) is 20.7. The maximum absolute atomic E-state index is 8.58. The quantitative estimate of drug-likeness (QED) is 0.0403. The summed E-state index contributed by atoms with van der Waals surface area (Å²) in [6, 6.07) is 29.6. The second-order valence-corrected chi connectivity index (χ2v) is 14.2. The number of anilines is 2. The summed E-state index contributed by atoms with van der Waals surface area (Å²) in [5.74, 6) is 4.44. The maximum Gasteiger partial charge on any atom is 0.488 e. The van der Waals surface area contributed by atoms with E-state index < -0.39 is 7.12 Å². The van der Waals surface area contributed by atoms with Crippen LogP contribution in [0.3, 0.4) is 0 Å². The number of fused-ring (bicyclic) bond motifs is 3. The Balaban J connectivity index is 0.000000131. The first-order chi connectivity index (χ1) is 32.2. The number of hydrogen-bond acceptors (Lipinski definition) is 17. The van der Waals surface area contributed by atoms with Crippen molar-refractivity contribution in [3.8, 4) is 11.4 Å². The number of nitrogens with zero attached hydrogens (tertiary/aromatic N) is 9. The van der Waals surface area contributed by atoms with Crippen LogP contribution >= 0.6 is 34.8 Å². The molecule has 24 heteroatoms. The molecule has 0 atom stereocenters. The van der Waals surface area contributed by atoms with Crippen molar-refractivity contribution in [3.05, 3.63) is 168 Å². The molecule has 0 amide bonds. The molecular formula is C42H37BCl3N15O5. The lowest BCUT2D eigenvalue weighted by atomic mass is 9.81. The predicted octanol–water partition coefficient (Wildman–Crippen LogP) is 7.20. The van der Waals surface area contributed by atoms with E-state index in [9.17, 15) is 0 Å². The number of benzene rings is 2. The molecule has 0 radical (unpaired) electrons. The number of imidazole rings is 3. The number of nitrogens with two attached hydrogens (primary N) is 1. The second kappa shape index (κ2) is 23.3. The largest absolute Gasteiger partial charge is 0.488 e. The van der Waals surface area contributed by atoms with Crippen molar-refractivity contribution in [2.75, 3.05) is 10.6 Å². The Hall–Kier alpha value is -7.66. The van der Waals surface area contributed by atoms with Gasteiger partial charge in [0.1, 0.15) is 33.8 Å². The Kier molecular flexibility index (Phi) is 16.4. The molecule has 0 aliphatic carbocycles. The fourth-order valence-electron chi connectivity index (χ4n) is 5.61. The summed E-state index contributed by atoms with van der Waals surface area (Å²) in [6.45, 7) is 1.56.